The van der Waals surface area contributed by atoms with Crippen LogP contribution in [0.5, 0.6) is 0 Å². The van der Waals surface area contributed by atoms with Gasteiger partial charge in [0.05, 0.1) is 33.4 Å². The predicted molar refractivity (Wildman–Crippen MR) is 131 cm³/mol. The van der Waals surface area contributed by atoms with Crippen molar-refractivity contribution in [2.24, 2.45) is 0 Å². The minimum absolute atomic E-state index is 0.104. The zero-order chi connectivity index (χ0) is 22.2. The standard InChI is InChI=1S/C23H19BrClN5OS/c1-32-14-5-7-18-19(10-14)29-22(28-18)20-3-2-8-30(20)23(31)15-11-26-12-27-21(15)13-4-6-16(24)17(25)9-13/h4-7,9-12,20H,2-3,8H2,1H3,(H,28,29)/t20-/m0/s1. The lowest BCUT2D eigenvalue weighted by Gasteiger charge is -2.24. The van der Waals surface area contributed by atoms with Crippen LogP contribution in [0.15, 0.2) is 58.3 Å². The van der Waals surface area contributed by atoms with E-state index >= 15 is 0 Å². The first-order chi connectivity index (χ1) is 15.5. The first-order valence-electron chi connectivity index (χ1n) is 10.1. The molecule has 0 radical (unpaired) electrons. The van der Waals surface area contributed by atoms with Crippen molar-refractivity contribution in [1.29, 1.82) is 0 Å². The Balaban J connectivity index is 1.50. The molecule has 1 atom stereocenters. The molecule has 0 aliphatic carbocycles. The fourth-order valence-electron chi connectivity index (χ4n) is 4.10. The minimum atomic E-state index is -0.116. The van der Waals surface area contributed by atoms with Gasteiger partial charge >= 0.3 is 0 Å². The van der Waals surface area contributed by atoms with Gasteiger partial charge < -0.3 is 9.88 Å². The third-order valence-corrected chi connectivity index (χ3v) is 7.63. The third-order valence-electron chi connectivity index (χ3n) is 5.67. The summed E-state index contributed by atoms with van der Waals surface area (Å²) in [5, 5.41) is 0.561. The first kappa shape index (κ1) is 21.4. The highest BCUT2D eigenvalue weighted by Gasteiger charge is 2.34. The molecule has 5 rings (SSSR count). The molecule has 3 heterocycles. The van der Waals surface area contributed by atoms with Gasteiger partial charge in [0, 0.05) is 27.7 Å². The van der Waals surface area contributed by atoms with Gasteiger partial charge in [0.2, 0.25) is 0 Å². The van der Waals surface area contributed by atoms with Crippen molar-refractivity contribution in [2.75, 3.05) is 12.8 Å². The number of rotatable bonds is 4. The molecule has 1 fully saturated rings. The molecule has 0 saturated carbocycles. The Labute approximate surface area is 202 Å². The Kier molecular flexibility index (Phi) is 5.92. The number of aromatic amines is 1. The van der Waals surface area contributed by atoms with Crippen LogP contribution >= 0.6 is 39.3 Å². The highest BCUT2D eigenvalue weighted by atomic mass is 79.9. The van der Waals surface area contributed by atoms with Crippen LogP contribution in [-0.4, -0.2) is 43.5 Å². The van der Waals surface area contributed by atoms with E-state index in [-0.39, 0.29) is 11.9 Å². The summed E-state index contributed by atoms with van der Waals surface area (Å²) < 4.78 is 0.791. The molecule has 2 aromatic carbocycles. The van der Waals surface area contributed by atoms with E-state index in [9.17, 15) is 4.79 Å². The number of thioether (sulfide) groups is 1. The molecular formula is C23H19BrClN5OS. The average Bonchev–Trinajstić information content (AvgIpc) is 3.46. The molecule has 4 aromatic rings. The summed E-state index contributed by atoms with van der Waals surface area (Å²) in [7, 11) is 0. The molecule has 32 heavy (non-hydrogen) atoms. The number of likely N-dealkylation sites (tertiary alicyclic amines) is 1. The lowest BCUT2D eigenvalue weighted by molar-refractivity contribution is 0.0730. The summed E-state index contributed by atoms with van der Waals surface area (Å²) in [6, 6.07) is 11.6. The number of carbonyl (C=O) groups is 1. The smallest absolute Gasteiger partial charge is 0.258 e. The maximum atomic E-state index is 13.7. The first-order valence-corrected chi connectivity index (χ1v) is 12.5. The summed E-state index contributed by atoms with van der Waals surface area (Å²) in [5.41, 5.74) is 3.69. The van der Waals surface area contributed by atoms with Crippen LogP contribution in [0.2, 0.25) is 5.02 Å². The average molecular weight is 529 g/mol. The van der Waals surface area contributed by atoms with E-state index in [2.05, 4.69) is 43.0 Å². The molecule has 0 spiro atoms. The van der Waals surface area contributed by atoms with E-state index in [1.165, 1.54) is 11.2 Å². The number of imidazole rings is 1. The Morgan fingerprint density at radius 2 is 2.16 bits per heavy atom. The fraction of sp³-hybridized carbons (Fsp3) is 0.217. The lowest BCUT2D eigenvalue weighted by Crippen LogP contribution is -2.31. The summed E-state index contributed by atoms with van der Waals surface area (Å²) in [5.74, 6) is 0.710. The van der Waals surface area contributed by atoms with Gasteiger partial charge in [0.25, 0.3) is 5.91 Å². The maximum Gasteiger partial charge on any atom is 0.258 e. The number of carbonyl (C=O) groups excluding carboxylic acids is 1. The second-order valence-corrected chi connectivity index (χ2v) is 9.72. The molecule has 1 aliphatic heterocycles. The van der Waals surface area contributed by atoms with Crippen LogP contribution < -0.4 is 0 Å². The van der Waals surface area contributed by atoms with Gasteiger partial charge in [-0.2, -0.15) is 0 Å². The van der Waals surface area contributed by atoms with E-state index in [4.69, 9.17) is 16.6 Å². The highest BCUT2D eigenvalue weighted by Crippen LogP contribution is 2.35. The molecule has 0 bridgehead atoms. The SMILES string of the molecule is CSc1ccc2nc([C@@H]3CCCN3C(=O)c3cncnc3-c3ccc(Br)c(Cl)c3)[nH]c2c1. The molecular weight excluding hydrogens is 510 g/mol. The number of halogens is 2. The van der Waals surface area contributed by atoms with E-state index in [1.54, 1.807) is 24.0 Å². The zero-order valence-corrected chi connectivity index (χ0v) is 20.3. The molecule has 1 amide bonds. The predicted octanol–water partition coefficient (Wildman–Crippen LogP) is 6.14. The van der Waals surface area contributed by atoms with E-state index in [0.717, 1.165) is 39.7 Å². The molecule has 162 valence electrons. The molecule has 1 saturated heterocycles. The Morgan fingerprint density at radius 1 is 1.28 bits per heavy atom. The van der Waals surface area contributed by atoms with Crippen molar-refractivity contribution in [2.45, 2.75) is 23.8 Å². The van der Waals surface area contributed by atoms with Gasteiger partial charge in [0.15, 0.2) is 0 Å². The van der Waals surface area contributed by atoms with Crippen LogP contribution in [0.4, 0.5) is 0 Å². The molecule has 1 aliphatic rings. The van der Waals surface area contributed by atoms with Gasteiger partial charge in [-0.25, -0.2) is 15.0 Å². The quantitative estimate of drug-likeness (QED) is 0.322. The summed E-state index contributed by atoms with van der Waals surface area (Å²) in [4.78, 5) is 33.5. The van der Waals surface area contributed by atoms with Gasteiger partial charge in [-0.15, -0.1) is 11.8 Å². The van der Waals surface area contributed by atoms with Crippen molar-refractivity contribution in [3.8, 4) is 11.3 Å². The van der Waals surface area contributed by atoms with Crippen molar-refractivity contribution in [3.63, 3.8) is 0 Å². The zero-order valence-electron chi connectivity index (χ0n) is 17.2. The number of aromatic nitrogens is 4. The molecule has 0 unspecified atom stereocenters. The maximum absolute atomic E-state index is 13.7. The minimum Gasteiger partial charge on any atom is -0.340 e. The summed E-state index contributed by atoms with van der Waals surface area (Å²) in [6.45, 7) is 0.659. The Bertz CT molecular complexity index is 1330. The van der Waals surface area contributed by atoms with Crippen molar-refractivity contribution in [3.05, 3.63) is 69.8 Å². The monoisotopic (exact) mass is 527 g/mol. The number of benzene rings is 2. The van der Waals surface area contributed by atoms with Crippen LogP contribution in [-0.2, 0) is 0 Å². The van der Waals surface area contributed by atoms with Crippen molar-refractivity contribution in [1.82, 2.24) is 24.8 Å². The fourth-order valence-corrected chi connectivity index (χ4v) is 4.97. The number of amides is 1. The highest BCUT2D eigenvalue weighted by molar-refractivity contribution is 9.10. The van der Waals surface area contributed by atoms with Gasteiger partial charge in [-0.05, 0) is 65.4 Å². The van der Waals surface area contributed by atoms with Crippen molar-refractivity contribution < 1.29 is 4.79 Å². The summed E-state index contributed by atoms with van der Waals surface area (Å²) >= 11 is 11.4. The van der Waals surface area contributed by atoms with Crippen LogP contribution in [0.25, 0.3) is 22.3 Å². The van der Waals surface area contributed by atoms with Crippen LogP contribution in [0, 0.1) is 0 Å². The lowest BCUT2D eigenvalue weighted by atomic mass is 10.1. The van der Waals surface area contributed by atoms with Gasteiger partial charge in [-0.1, -0.05) is 17.7 Å². The topological polar surface area (TPSA) is 74.8 Å². The summed E-state index contributed by atoms with van der Waals surface area (Å²) in [6.07, 6.45) is 6.85. The van der Waals surface area contributed by atoms with Crippen LogP contribution in [0.1, 0.15) is 35.1 Å². The molecule has 9 heteroatoms. The second kappa shape index (κ2) is 8.84. The number of H-pyrrole nitrogens is 1. The number of nitrogens with zero attached hydrogens (tertiary/aromatic N) is 4. The van der Waals surface area contributed by atoms with E-state index in [0.29, 0.717) is 22.8 Å². The Hall–Kier alpha value is -2.42. The van der Waals surface area contributed by atoms with Gasteiger partial charge in [-0.3, -0.25) is 4.79 Å². The molecule has 2 aromatic heterocycles. The van der Waals surface area contributed by atoms with Crippen molar-refractivity contribution >= 4 is 56.2 Å². The number of nitrogens with one attached hydrogen (secondary N) is 1. The van der Waals surface area contributed by atoms with Gasteiger partial charge in [0.1, 0.15) is 12.2 Å². The number of hydrogen-bond donors (Lipinski definition) is 1. The van der Waals surface area contributed by atoms with Crippen LogP contribution in [0.3, 0.4) is 0 Å². The second-order valence-electron chi connectivity index (χ2n) is 7.58. The molecule has 6 nitrogen and oxygen atoms in total. The molecule has 1 N–H and O–H groups in total. The Morgan fingerprint density at radius 3 is 2.97 bits per heavy atom. The largest absolute Gasteiger partial charge is 0.340 e. The normalized spacial score (nSPS) is 16.1. The number of fused-ring (bicyclic) bond motifs is 1. The third kappa shape index (κ3) is 3.91. The van der Waals surface area contributed by atoms with E-state index < -0.39 is 0 Å². The van der Waals surface area contributed by atoms with E-state index in [1.807, 2.05) is 29.4 Å². The number of hydrogen-bond acceptors (Lipinski definition) is 5.